The minimum absolute atomic E-state index is 0.340. The number of rotatable bonds is 3. The van der Waals surface area contributed by atoms with Crippen molar-refractivity contribution >= 4 is 0 Å². The molecule has 1 aromatic rings. The first-order valence-corrected chi connectivity index (χ1v) is 5.27. The third-order valence-corrected chi connectivity index (χ3v) is 2.62. The molecule has 0 aliphatic heterocycles. The number of aromatic nitrogens is 2. The molecule has 1 aliphatic rings. The lowest BCUT2D eigenvalue weighted by Gasteiger charge is -2.11. The van der Waals surface area contributed by atoms with Crippen LogP contribution in [0.4, 0.5) is 13.2 Å². The van der Waals surface area contributed by atoms with Gasteiger partial charge in [-0.05, 0) is 25.8 Å². The maximum Gasteiger partial charge on any atom is 0.408 e. The number of hydrogen-bond acceptors (Lipinski definition) is 2. The molecule has 1 heterocycles. The summed E-state index contributed by atoms with van der Waals surface area (Å²) in [4.78, 5) is 0. The summed E-state index contributed by atoms with van der Waals surface area (Å²) in [5.74, 6) is 0.340. The summed E-state index contributed by atoms with van der Waals surface area (Å²) in [5, 5.41) is 4.00. The molecular weight excluding hydrogens is 219 g/mol. The molecule has 1 unspecified atom stereocenters. The Labute approximate surface area is 91.4 Å². The van der Waals surface area contributed by atoms with Crippen LogP contribution < -0.4 is 5.73 Å². The number of hydrogen-bond donors (Lipinski definition) is 1. The Morgan fingerprint density at radius 1 is 1.56 bits per heavy atom. The predicted molar refractivity (Wildman–Crippen MR) is 52.9 cm³/mol. The molecule has 1 aliphatic carbocycles. The highest BCUT2D eigenvalue weighted by Gasteiger charge is 2.32. The summed E-state index contributed by atoms with van der Waals surface area (Å²) in [6, 6.07) is 1.27. The molecule has 2 N–H and O–H groups in total. The van der Waals surface area contributed by atoms with E-state index in [1.807, 2.05) is 0 Å². The smallest absolute Gasteiger partial charge is 0.323 e. The fraction of sp³-hybridized carbons (Fsp3) is 0.700. The fourth-order valence-electron chi connectivity index (χ4n) is 1.69. The van der Waals surface area contributed by atoms with Gasteiger partial charge in [0.15, 0.2) is 0 Å². The van der Waals surface area contributed by atoms with E-state index in [1.54, 1.807) is 13.0 Å². The lowest BCUT2D eigenvalue weighted by Crippen LogP contribution is -2.22. The number of nitrogens with zero attached hydrogens (tertiary/aromatic N) is 2. The topological polar surface area (TPSA) is 43.8 Å². The van der Waals surface area contributed by atoms with Crippen molar-refractivity contribution < 1.29 is 13.2 Å². The second kappa shape index (κ2) is 3.76. The molecule has 0 bridgehead atoms. The third kappa shape index (κ3) is 2.55. The largest absolute Gasteiger partial charge is 0.408 e. The van der Waals surface area contributed by atoms with E-state index < -0.39 is 18.8 Å². The summed E-state index contributed by atoms with van der Waals surface area (Å²) >= 11 is 0. The zero-order chi connectivity index (χ0) is 11.9. The summed E-state index contributed by atoms with van der Waals surface area (Å²) in [7, 11) is 0. The van der Waals surface area contributed by atoms with Crippen molar-refractivity contribution in [1.82, 2.24) is 9.78 Å². The fourth-order valence-corrected chi connectivity index (χ4v) is 1.69. The average Bonchev–Trinajstić information content (AvgIpc) is 2.86. The van der Waals surface area contributed by atoms with E-state index in [-0.39, 0.29) is 0 Å². The Balaban J connectivity index is 2.26. The van der Waals surface area contributed by atoms with Gasteiger partial charge in [-0.25, -0.2) is 0 Å². The van der Waals surface area contributed by atoms with E-state index in [4.69, 9.17) is 5.73 Å². The molecule has 1 aromatic heterocycles. The molecule has 6 heteroatoms. The first-order valence-electron chi connectivity index (χ1n) is 5.27. The van der Waals surface area contributed by atoms with Crippen LogP contribution in [0.3, 0.4) is 0 Å². The van der Waals surface area contributed by atoms with Crippen LogP contribution in [0.15, 0.2) is 6.07 Å². The molecule has 90 valence electrons. The van der Waals surface area contributed by atoms with E-state index in [1.165, 1.54) is 0 Å². The van der Waals surface area contributed by atoms with Crippen molar-refractivity contribution in [2.45, 2.75) is 44.4 Å². The van der Waals surface area contributed by atoms with E-state index in [0.717, 1.165) is 23.2 Å². The minimum Gasteiger partial charge on any atom is -0.323 e. The van der Waals surface area contributed by atoms with Gasteiger partial charge in [-0.3, -0.25) is 4.68 Å². The van der Waals surface area contributed by atoms with Gasteiger partial charge >= 0.3 is 6.18 Å². The summed E-state index contributed by atoms with van der Waals surface area (Å²) in [6.45, 7) is 0.608. The summed E-state index contributed by atoms with van der Waals surface area (Å²) < 4.78 is 37.9. The van der Waals surface area contributed by atoms with Crippen molar-refractivity contribution in [2.24, 2.45) is 5.73 Å². The van der Waals surface area contributed by atoms with Gasteiger partial charge in [0.1, 0.15) is 6.54 Å². The molecule has 0 amide bonds. The Morgan fingerprint density at radius 2 is 2.19 bits per heavy atom. The minimum atomic E-state index is -4.25. The molecule has 2 rings (SSSR count). The molecule has 0 radical (unpaired) electrons. The standard InChI is InChI=1S/C10H14F3N3/c1-6(14)9-4-8(7-2-3-7)15-16(9)5-10(11,12)13/h4,6-7H,2-3,5,14H2,1H3. The highest BCUT2D eigenvalue weighted by molar-refractivity contribution is 5.20. The molecule has 0 spiro atoms. The highest BCUT2D eigenvalue weighted by atomic mass is 19.4. The number of alkyl halides is 3. The van der Waals surface area contributed by atoms with E-state index in [2.05, 4.69) is 5.10 Å². The Bertz CT molecular complexity index is 377. The molecule has 1 fully saturated rings. The quantitative estimate of drug-likeness (QED) is 0.870. The van der Waals surface area contributed by atoms with Gasteiger partial charge in [0.05, 0.1) is 11.4 Å². The van der Waals surface area contributed by atoms with E-state index in [9.17, 15) is 13.2 Å². The molecule has 3 nitrogen and oxygen atoms in total. The second-order valence-electron chi connectivity index (χ2n) is 4.33. The van der Waals surface area contributed by atoms with Crippen molar-refractivity contribution in [3.8, 4) is 0 Å². The molecule has 1 atom stereocenters. The summed E-state index contributed by atoms with van der Waals surface area (Å²) in [6.07, 6.45) is -2.22. The van der Waals surface area contributed by atoms with Crippen LogP contribution in [0.25, 0.3) is 0 Å². The Kier molecular flexibility index (Phi) is 2.69. The number of halogens is 3. The van der Waals surface area contributed by atoms with Gasteiger partial charge in [-0.1, -0.05) is 0 Å². The van der Waals surface area contributed by atoms with E-state index >= 15 is 0 Å². The molecule has 0 aromatic carbocycles. The second-order valence-corrected chi connectivity index (χ2v) is 4.33. The van der Waals surface area contributed by atoms with Gasteiger partial charge in [0.2, 0.25) is 0 Å². The van der Waals surface area contributed by atoms with Gasteiger partial charge in [0.25, 0.3) is 0 Å². The van der Waals surface area contributed by atoms with E-state index in [0.29, 0.717) is 11.6 Å². The zero-order valence-corrected chi connectivity index (χ0v) is 8.96. The van der Waals surface area contributed by atoms with Crippen LogP contribution in [0.1, 0.15) is 43.1 Å². The van der Waals surface area contributed by atoms with Gasteiger partial charge < -0.3 is 5.73 Å². The average molecular weight is 233 g/mol. The Hall–Kier alpha value is -1.04. The van der Waals surface area contributed by atoms with Crippen molar-refractivity contribution in [3.63, 3.8) is 0 Å². The van der Waals surface area contributed by atoms with Crippen molar-refractivity contribution in [2.75, 3.05) is 0 Å². The normalized spacial score (nSPS) is 18.8. The van der Waals surface area contributed by atoms with Crippen molar-refractivity contribution in [3.05, 3.63) is 17.5 Å². The van der Waals surface area contributed by atoms with Crippen molar-refractivity contribution in [1.29, 1.82) is 0 Å². The number of nitrogens with two attached hydrogens (primary N) is 1. The molecule has 16 heavy (non-hydrogen) atoms. The van der Waals surface area contributed by atoms with Crippen LogP contribution in [-0.2, 0) is 6.54 Å². The van der Waals surface area contributed by atoms with Gasteiger partial charge in [-0.15, -0.1) is 0 Å². The van der Waals surface area contributed by atoms with Crippen LogP contribution >= 0.6 is 0 Å². The van der Waals surface area contributed by atoms with Gasteiger partial charge in [0, 0.05) is 12.0 Å². The van der Waals surface area contributed by atoms with Crippen LogP contribution in [0.2, 0.25) is 0 Å². The van der Waals surface area contributed by atoms with Crippen LogP contribution in [-0.4, -0.2) is 16.0 Å². The maximum absolute atomic E-state index is 12.3. The van der Waals surface area contributed by atoms with Gasteiger partial charge in [-0.2, -0.15) is 18.3 Å². The highest BCUT2D eigenvalue weighted by Crippen LogP contribution is 2.40. The maximum atomic E-state index is 12.3. The molecule has 0 saturated heterocycles. The van der Waals surface area contributed by atoms with Crippen LogP contribution in [0.5, 0.6) is 0 Å². The first-order chi connectivity index (χ1) is 7.37. The monoisotopic (exact) mass is 233 g/mol. The molecule has 1 saturated carbocycles. The predicted octanol–water partition coefficient (Wildman–Crippen LogP) is 2.34. The lowest BCUT2D eigenvalue weighted by molar-refractivity contribution is -0.143. The third-order valence-electron chi connectivity index (χ3n) is 2.62. The summed E-state index contributed by atoms with van der Waals surface area (Å²) in [5.41, 5.74) is 6.84. The molecular formula is C10H14F3N3. The van der Waals surface area contributed by atoms with Crippen LogP contribution in [0, 0.1) is 0 Å². The lowest BCUT2D eigenvalue weighted by atomic mass is 10.2. The SMILES string of the molecule is CC(N)c1cc(C2CC2)nn1CC(F)(F)F. The Morgan fingerprint density at radius 3 is 2.62 bits per heavy atom. The first kappa shape index (κ1) is 11.4. The zero-order valence-electron chi connectivity index (χ0n) is 8.96.